The highest BCUT2D eigenvalue weighted by molar-refractivity contribution is 9.10. The van der Waals surface area contributed by atoms with Gasteiger partial charge in [-0.2, -0.15) is 0 Å². The lowest BCUT2D eigenvalue weighted by Gasteiger charge is -2.20. The summed E-state index contributed by atoms with van der Waals surface area (Å²) in [4.78, 5) is 0. The van der Waals surface area contributed by atoms with Gasteiger partial charge in [0.15, 0.2) is 0 Å². The second-order valence-corrected chi connectivity index (χ2v) is 6.63. The molecule has 0 bridgehead atoms. The van der Waals surface area contributed by atoms with Crippen LogP contribution in [0.1, 0.15) is 32.1 Å². The Balaban J connectivity index is 1.93. The summed E-state index contributed by atoms with van der Waals surface area (Å²) in [6.45, 7) is 7.65. The molecule has 3 nitrogen and oxygen atoms in total. The van der Waals surface area contributed by atoms with E-state index in [1.54, 1.807) is 6.26 Å². The lowest BCUT2D eigenvalue weighted by atomic mass is 10.1. The first-order valence-electron chi connectivity index (χ1n) is 6.63. The van der Waals surface area contributed by atoms with E-state index in [9.17, 15) is 0 Å². The monoisotopic (exact) mass is 337 g/mol. The lowest BCUT2D eigenvalue weighted by Crippen LogP contribution is -2.35. The largest absolute Gasteiger partial charge is 0.486 e. The minimum absolute atomic E-state index is 0.0844. The van der Waals surface area contributed by atoms with E-state index in [-0.39, 0.29) is 5.54 Å². The van der Waals surface area contributed by atoms with Crippen molar-refractivity contribution in [2.24, 2.45) is 0 Å². The van der Waals surface area contributed by atoms with Crippen LogP contribution in [-0.4, -0.2) is 5.54 Å². The van der Waals surface area contributed by atoms with Gasteiger partial charge in [0.1, 0.15) is 18.1 Å². The van der Waals surface area contributed by atoms with Crippen LogP contribution in [0.5, 0.6) is 5.75 Å². The molecule has 0 aliphatic rings. The Kier molecular flexibility index (Phi) is 4.89. The molecular formula is C16H20BrNO2. The van der Waals surface area contributed by atoms with Crippen LogP contribution >= 0.6 is 15.9 Å². The van der Waals surface area contributed by atoms with E-state index in [1.807, 2.05) is 30.3 Å². The molecule has 0 saturated carbocycles. The van der Waals surface area contributed by atoms with E-state index < -0.39 is 0 Å². The first-order valence-corrected chi connectivity index (χ1v) is 7.42. The minimum Gasteiger partial charge on any atom is -0.486 e. The Morgan fingerprint density at radius 2 is 1.85 bits per heavy atom. The highest BCUT2D eigenvalue weighted by Gasteiger charge is 2.12. The standard InChI is InChI=1S/C16H20BrNO2/c1-16(2,3)18-10-12-8-9-19-15(12)11-20-14-6-4-13(17)5-7-14/h4-9,18H,10-11H2,1-3H3. The Morgan fingerprint density at radius 3 is 2.50 bits per heavy atom. The summed E-state index contributed by atoms with van der Waals surface area (Å²) in [5.41, 5.74) is 1.22. The molecule has 0 aliphatic carbocycles. The van der Waals surface area contributed by atoms with Gasteiger partial charge in [0.05, 0.1) is 6.26 Å². The number of halogens is 1. The molecule has 2 aromatic rings. The van der Waals surface area contributed by atoms with Gasteiger partial charge < -0.3 is 14.5 Å². The molecular weight excluding hydrogens is 318 g/mol. The van der Waals surface area contributed by atoms with Crippen molar-refractivity contribution in [1.82, 2.24) is 5.32 Å². The number of nitrogens with one attached hydrogen (secondary N) is 1. The number of benzene rings is 1. The molecule has 1 aromatic heterocycles. The zero-order chi connectivity index (χ0) is 14.6. The third-order valence-corrected chi connectivity index (χ3v) is 3.36. The summed E-state index contributed by atoms with van der Waals surface area (Å²) >= 11 is 3.40. The number of hydrogen-bond acceptors (Lipinski definition) is 3. The second-order valence-electron chi connectivity index (χ2n) is 5.72. The molecule has 0 spiro atoms. The number of rotatable bonds is 5. The molecule has 4 heteroatoms. The Hall–Kier alpha value is -1.26. The SMILES string of the molecule is CC(C)(C)NCc1ccoc1COc1ccc(Br)cc1. The van der Waals surface area contributed by atoms with Crippen LogP contribution in [0, 0.1) is 0 Å². The van der Waals surface area contributed by atoms with Gasteiger partial charge in [-0.25, -0.2) is 0 Å². The maximum atomic E-state index is 5.74. The summed E-state index contributed by atoms with van der Waals surface area (Å²) in [5.74, 6) is 1.70. The van der Waals surface area contributed by atoms with Gasteiger partial charge in [0, 0.05) is 22.1 Å². The minimum atomic E-state index is 0.0844. The molecule has 0 radical (unpaired) electrons. The molecule has 0 aliphatic heterocycles. The van der Waals surface area contributed by atoms with Crippen molar-refractivity contribution >= 4 is 15.9 Å². The topological polar surface area (TPSA) is 34.4 Å². The quantitative estimate of drug-likeness (QED) is 0.871. The van der Waals surface area contributed by atoms with Crippen LogP contribution in [0.3, 0.4) is 0 Å². The zero-order valence-corrected chi connectivity index (χ0v) is 13.7. The average Bonchev–Trinajstić information content (AvgIpc) is 2.82. The Bertz CT molecular complexity index is 540. The first-order chi connectivity index (χ1) is 9.44. The molecule has 0 saturated heterocycles. The van der Waals surface area contributed by atoms with Crippen molar-refractivity contribution in [3.8, 4) is 5.75 Å². The molecule has 0 unspecified atom stereocenters. The first kappa shape index (κ1) is 15.1. The molecule has 1 N–H and O–H groups in total. The van der Waals surface area contributed by atoms with Gasteiger partial charge in [-0.15, -0.1) is 0 Å². The van der Waals surface area contributed by atoms with Gasteiger partial charge in [-0.1, -0.05) is 15.9 Å². The van der Waals surface area contributed by atoms with Crippen LogP contribution in [0.2, 0.25) is 0 Å². The van der Waals surface area contributed by atoms with Crippen LogP contribution in [0.4, 0.5) is 0 Å². The fourth-order valence-corrected chi connectivity index (χ4v) is 1.96. The molecule has 0 atom stereocenters. The number of furan rings is 1. The van der Waals surface area contributed by atoms with Crippen LogP contribution in [0.15, 0.2) is 45.5 Å². The molecule has 2 rings (SSSR count). The van der Waals surface area contributed by atoms with E-state index in [0.29, 0.717) is 6.61 Å². The highest BCUT2D eigenvalue weighted by Crippen LogP contribution is 2.19. The molecule has 0 amide bonds. The maximum absolute atomic E-state index is 5.74. The van der Waals surface area contributed by atoms with Crippen molar-refractivity contribution in [1.29, 1.82) is 0 Å². The molecule has 1 aromatic carbocycles. The summed E-state index contributed by atoms with van der Waals surface area (Å²) in [6.07, 6.45) is 1.71. The molecule has 20 heavy (non-hydrogen) atoms. The van der Waals surface area contributed by atoms with Crippen LogP contribution < -0.4 is 10.1 Å². The normalized spacial score (nSPS) is 11.6. The number of ether oxygens (including phenoxy) is 1. The zero-order valence-electron chi connectivity index (χ0n) is 12.1. The predicted molar refractivity (Wildman–Crippen MR) is 83.8 cm³/mol. The van der Waals surface area contributed by atoms with Gasteiger partial charge in [-0.3, -0.25) is 0 Å². The fourth-order valence-electron chi connectivity index (χ4n) is 1.69. The Morgan fingerprint density at radius 1 is 1.15 bits per heavy atom. The van der Waals surface area contributed by atoms with Crippen LogP contribution in [-0.2, 0) is 13.2 Å². The van der Waals surface area contributed by atoms with E-state index in [4.69, 9.17) is 9.15 Å². The fraction of sp³-hybridized carbons (Fsp3) is 0.375. The summed E-state index contributed by atoms with van der Waals surface area (Å²) < 4.78 is 12.3. The smallest absolute Gasteiger partial charge is 0.146 e. The van der Waals surface area contributed by atoms with Crippen molar-refractivity contribution in [3.63, 3.8) is 0 Å². The van der Waals surface area contributed by atoms with Crippen molar-refractivity contribution in [2.45, 2.75) is 39.5 Å². The van der Waals surface area contributed by atoms with E-state index in [2.05, 4.69) is 42.0 Å². The summed E-state index contributed by atoms with van der Waals surface area (Å²) in [5, 5.41) is 3.45. The van der Waals surface area contributed by atoms with E-state index >= 15 is 0 Å². The molecule has 108 valence electrons. The molecule has 0 fully saturated rings. The van der Waals surface area contributed by atoms with Gasteiger partial charge in [0.2, 0.25) is 0 Å². The van der Waals surface area contributed by atoms with Crippen LogP contribution in [0.25, 0.3) is 0 Å². The third-order valence-electron chi connectivity index (χ3n) is 2.83. The Labute approximate surface area is 128 Å². The second kappa shape index (κ2) is 6.46. The summed E-state index contributed by atoms with van der Waals surface area (Å²) in [7, 11) is 0. The van der Waals surface area contributed by atoms with Crippen molar-refractivity contribution in [3.05, 3.63) is 52.4 Å². The van der Waals surface area contributed by atoms with E-state index in [0.717, 1.165) is 28.1 Å². The highest BCUT2D eigenvalue weighted by atomic mass is 79.9. The summed E-state index contributed by atoms with van der Waals surface area (Å²) in [6, 6.07) is 9.76. The molecule has 1 heterocycles. The van der Waals surface area contributed by atoms with Crippen molar-refractivity contribution < 1.29 is 9.15 Å². The number of hydrogen-bond donors (Lipinski definition) is 1. The predicted octanol–water partition coefficient (Wildman–Crippen LogP) is 4.51. The van der Waals surface area contributed by atoms with Gasteiger partial charge >= 0.3 is 0 Å². The third kappa shape index (κ3) is 4.69. The van der Waals surface area contributed by atoms with Gasteiger partial charge in [-0.05, 0) is 51.1 Å². The van der Waals surface area contributed by atoms with E-state index in [1.165, 1.54) is 0 Å². The maximum Gasteiger partial charge on any atom is 0.146 e. The van der Waals surface area contributed by atoms with Crippen molar-refractivity contribution in [2.75, 3.05) is 0 Å². The lowest BCUT2D eigenvalue weighted by molar-refractivity contribution is 0.267. The average molecular weight is 338 g/mol. The van der Waals surface area contributed by atoms with Gasteiger partial charge in [0.25, 0.3) is 0 Å².